The van der Waals surface area contributed by atoms with Gasteiger partial charge in [-0.2, -0.15) is 15.3 Å². The Balaban J connectivity index is 1.69. The number of aryl methyl sites for hydroxylation is 2. The zero-order chi connectivity index (χ0) is 19.8. The van der Waals surface area contributed by atoms with Gasteiger partial charge in [0.1, 0.15) is 18.1 Å². The van der Waals surface area contributed by atoms with Crippen LogP contribution >= 0.6 is 0 Å². The molecule has 4 heterocycles. The van der Waals surface area contributed by atoms with E-state index >= 15 is 0 Å². The van der Waals surface area contributed by atoms with Crippen molar-refractivity contribution in [1.29, 1.82) is 5.26 Å². The predicted molar refractivity (Wildman–Crippen MR) is 102 cm³/mol. The van der Waals surface area contributed by atoms with Crippen LogP contribution in [0.15, 0.2) is 24.5 Å². The molecule has 8 heteroatoms. The van der Waals surface area contributed by atoms with E-state index in [-0.39, 0.29) is 11.8 Å². The first-order valence-electron chi connectivity index (χ1n) is 9.31. The molecule has 28 heavy (non-hydrogen) atoms. The summed E-state index contributed by atoms with van der Waals surface area (Å²) in [4.78, 5) is 27.7. The first-order chi connectivity index (χ1) is 13.5. The molecular formula is C20H21N7O. The van der Waals surface area contributed by atoms with E-state index in [4.69, 9.17) is 0 Å². The number of fused-ring (bicyclic) bond motifs is 1. The molecule has 0 spiro atoms. The summed E-state index contributed by atoms with van der Waals surface area (Å²) in [7, 11) is 0. The highest BCUT2D eigenvalue weighted by Crippen LogP contribution is 2.33. The van der Waals surface area contributed by atoms with E-state index in [1.165, 1.54) is 6.33 Å². The number of hydrogen-bond acceptors (Lipinski definition) is 6. The van der Waals surface area contributed by atoms with E-state index in [1.807, 2.05) is 30.9 Å². The van der Waals surface area contributed by atoms with E-state index < -0.39 is 0 Å². The van der Waals surface area contributed by atoms with Crippen LogP contribution in [0.25, 0.3) is 5.78 Å². The Kier molecular flexibility index (Phi) is 4.51. The molecule has 1 aliphatic rings. The van der Waals surface area contributed by atoms with E-state index in [1.54, 1.807) is 10.6 Å². The van der Waals surface area contributed by atoms with Gasteiger partial charge in [-0.3, -0.25) is 9.78 Å². The van der Waals surface area contributed by atoms with E-state index in [2.05, 4.69) is 33.0 Å². The standard InChI is InChI=1S/C20H21N7O/c1-12-4-5-26(19(28)15-6-13(2)24-14(3)7-15)10-17(12)18-8-16(9-21)25-20-22-11-23-27(18)20/h6-8,11-12,17H,4-5,10H2,1-3H3/t12-,17-/m1/s1. The van der Waals surface area contributed by atoms with Gasteiger partial charge >= 0.3 is 0 Å². The number of nitrogens with zero attached hydrogens (tertiary/aromatic N) is 7. The van der Waals surface area contributed by atoms with E-state index in [0.29, 0.717) is 36.0 Å². The fraction of sp³-hybridized carbons (Fsp3) is 0.400. The highest BCUT2D eigenvalue weighted by Gasteiger charge is 2.32. The van der Waals surface area contributed by atoms with Crippen LogP contribution in [0.5, 0.6) is 0 Å². The molecule has 0 bridgehead atoms. The van der Waals surface area contributed by atoms with Crippen LogP contribution in [0.1, 0.15) is 52.4 Å². The van der Waals surface area contributed by atoms with Crippen LogP contribution in [0.2, 0.25) is 0 Å². The molecule has 1 amide bonds. The number of piperidine rings is 1. The lowest BCUT2D eigenvalue weighted by molar-refractivity contribution is 0.0665. The molecule has 0 aliphatic carbocycles. The maximum Gasteiger partial charge on any atom is 0.254 e. The molecule has 4 rings (SSSR count). The first kappa shape index (κ1) is 18.0. The topological polar surface area (TPSA) is 100 Å². The summed E-state index contributed by atoms with van der Waals surface area (Å²) in [5, 5.41) is 13.6. The highest BCUT2D eigenvalue weighted by atomic mass is 16.2. The zero-order valence-corrected chi connectivity index (χ0v) is 16.1. The van der Waals surface area contributed by atoms with Crippen LogP contribution < -0.4 is 0 Å². The molecule has 1 saturated heterocycles. The van der Waals surface area contributed by atoms with Crippen LogP contribution in [0, 0.1) is 31.1 Å². The Bertz CT molecular complexity index is 1080. The third-order valence-corrected chi connectivity index (χ3v) is 5.35. The van der Waals surface area contributed by atoms with E-state index in [9.17, 15) is 10.1 Å². The van der Waals surface area contributed by atoms with Crippen molar-refractivity contribution in [3.63, 3.8) is 0 Å². The molecular weight excluding hydrogens is 354 g/mol. The number of carbonyl (C=O) groups is 1. The molecule has 8 nitrogen and oxygen atoms in total. The molecule has 0 N–H and O–H groups in total. The molecule has 0 saturated carbocycles. The van der Waals surface area contributed by atoms with Crippen LogP contribution in [-0.2, 0) is 0 Å². The van der Waals surface area contributed by atoms with Crippen LogP contribution in [-0.4, -0.2) is 48.5 Å². The maximum absolute atomic E-state index is 13.1. The lowest BCUT2D eigenvalue weighted by atomic mass is 9.84. The third-order valence-electron chi connectivity index (χ3n) is 5.35. The van der Waals surface area contributed by atoms with Crippen molar-refractivity contribution < 1.29 is 4.79 Å². The highest BCUT2D eigenvalue weighted by molar-refractivity contribution is 5.94. The first-order valence-corrected chi connectivity index (χ1v) is 9.31. The second kappa shape index (κ2) is 7.00. The number of pyridine rings is 1. The summed E-state index contributed by atoms with van der Waals surface area (Å²) in [5.41, 5.74) is 3.51. The van der Waals surface area contributed by atoms with Gasteiger partial charge in [0, 0.05) is 36.0 Å². The number of amides is 1. The summed E-state index contributed by atoms with van der Waals surface area (Å²) in [6.45, 7) is 7.22. The molecule has 142 valence electrons. The molecule has 0 radical (unpaired) electrons. The summed E-state index contributed by atoms with van der Waals surface area (Å²) < 4.78 is 1.68. The minimum atomic E-state index is 0.00916. The van der Waals surface area contributed by atoms with E-state index in [0.717, 1.165) is 23.5 Å². The summed E-state index contributed by atoms with van der Waals surface area (Å²) in [6, 6.07) is 7.52. The Morgan fingerprint density at radius 3 is 2.68 bits per heavy atom. The number of likely N-dealkylation sites (tertiary alicyclic amines) is 1. The lowest BCUT2D eigenvalue weighted by Crippen LogP contribution is -2.42. The SMILES string of the molecule is Cc1cc(C(=O)N2CC[C@@H](C)[C@H](c3cc(C#N)nc4ncnn34)C2)cc(C)n1. The van der Waals surface area contributed by atoms with Crippen LogP contribution in [0.3, 0.4) is 0 Å². The van der Waals surface area contributed by atoms with Crippen molar-refractivity contribution in [2.75, 3.05) is 13.1 Å². The van der Waals surface area contributed by atoms with Gasteiger partial charge in [-0.1, -0.05) is 6.92 Å². The summed E-state index contributed by atoms with van der Waals surface area (Å²) >= 11 is 0. The number of aromatic nitrogens is 5. The molecule has 0 aromatic carbocycles. The molecule has 3 aromatic rings. The van der Waals surface area contributed by atoms with Gasteiger partial charge in [0.25, 0.3) is 11.7 Å². The minimum Gasteiger partial charge on any atom is -0.338 e. The number of hydrogen-bond donors (Lipinski definition) is 0. The number of rotatable bonds is 2. The van der Waals surface area contributed by atoms with Crippen molar-refractivity contribution in [2.24, 2.45) is 5.92 Å². The monoisotopic (exact) mass is 375 g/mol. The van der Waals surface area contributed by atoms with Crippen LogP contribution in [0.4, 0.5) is 0 Å². The Hall–Kier alpha value is -3.34. The molecule has 1 aliphatic heterocycles. The van der Waals surface area contributed by atoms with Gasteiger partial charge in [0.05, 0.1) is 5.69 Å². The summed E-state index contributed by atoms with van der Waals surface area (Å²) in [5.74, 6) is 0.798. The molecule has 1 fully saturated rings. The summed E-state index contributed by atoms with van der Waals surface area (Å²) in [6.07, 6.45) is 2.31. The Morgan fingerprint density at radius 2 is 1.96 bits per heavy atom. The maximum atomic E-state index is 13.1. The third kappa shape index (κ3) is 3.20. The largest absolute Gasteiger partial charge is 0.338 e. The predicted octanol–water partition coefficient (Wildman–Crippen LogP) is 2.27. The van der Waals surface area contributed by atoms with Gasteiger partial charge in [-0.15, -0.1) is 0 Å². The van der Waals surface area contributed by atoms with Crippen molar-refractivity contribution in [1.82, 2.24) is 29.5 Å². The van der Waals surface area contributed by atoms with Gasteiger partial charge in [0.2, 0.25) is 0 Å². The van der Waals surface area contributed by atoms with Gasteiger partial charge in [0.15, 0.2) is 0 Å². The lowest BCUT2D eigenvalue weighted by Gasteiger charge is -2.37. The Morgan fingerprint density at radius 1 is 1.21 bits per heavy atom. The van der Waals surface area contributed by atoms with Crippen molar-refractivity contribution in [2.45, 2.75) is 33.1 Å². The quantitative estimate of drug-likeness (QED) is 0.681. The molecule has 2 atom stereocenters. The second-order valence-corrected chi connectivity index (χ2v) is 7.41. The van der Waals surface area contributed by atoms with Crippen molar-refractivity contribution in [3.05, 3.63) is 52.9 Å². The van der Waals surface area contributed by atoms with Gasteiger partial charge in [-0.25, -0.2) is 9.50 Å². The Labute approximate surface area is 162 Å². The average molecular weight is 375 g/mol. The van der Waals surface area contributed by atoms with Gasteiger partial charge in [-0.05, 0) is 44.4 Å². The smallest absolute Gasteiger partial charge is 0.254 e. The fourth-order valence-electron chi connectivity index (χ4n) is 3.94. The molecule has 0 unspecified atom stereocenters. The van der Waals surface area contributed by atoms with Gasteiger partial charge < -0.3 is 4.90 Å². The normalized spacial score (nSPS) is 19.6. The second-order valence-electron chi connectivity index (χ2n) is 7.41. The average Bonchev–Trinajstić information content (AvgIpc) is 3.15. The van der Waals surface area contributed by atoms with Crippen molar-refractivity contribution in [3.8, 4) is 6.07 Å². The number of carbonyl (C=O) groups excluding carboxylic acids is 1. The fourth-order valence-corrected chi connectivity index (χ4v) is 3.94. The number of nitriles is 1. The zero-order valence-electron chi connectivity index (χ0n) is 16.1. The molecule has 3 aromatic heterocycles. The van der Waals surface area contributed by atoms with Crippen molar-refractivity contribution >= 4 is 11.7 Å². The minimum absolute atomic E-state index is 0.00916.